The van der Waals surface area contributed by atoms with Crippen molar-refractivity contribution in [1.82, 2.24) is 4.90 Å². The quantitative estimate of drug-likeness (QED) is 0.818. The van der Waals surface area contributed by atoms with E-state index < -0.39 is 6.04 Å². The molecule has 0 saturated carbocycles. The highest BCUT2D eigenvalue weighted by atomic mass is 79.9. The van der Waals surface area contributed by atoms with Gasteiger partial charge in [-0.1, -0.05) is 15.9 Å². The van der Waals surface area contributed by atoms with E-state index in [1.807, 2.05) is 18.2 Å². The van der Waals surface area contributed by atoms with Crippen molar-refractivity contribution >= 4 is 21.8 Å². The Labute approximate surface area is 128 Å². The van der Waals surface area contributed by atoms with E-state index in [0.29, 0.717) is 19.6 Å². The van der Waals surface area contributed by atoms with Crippen LogP contribution in [0, 0.1) is 0 Å². The van der Waals surface area contributed by atoms with Crippen LogP contribution in [0.15, 0.2) is 22.7 Å². The van der Waals surface area contributed by atoms with Crippen molar-refractivity contribution in [2.24, 2.45) is 5.73 Å². The van der Waals surface area contributed by atoms with E-state index in [1.54, 1.807) is 26.2 Å². The molecule has 6 heteroatoms. The number of carbonyl (C=O) groups is 1. The predicted molar refractivity (Wildman–Crippen MR) is 81.6 cm³/mol. The topological polar surface area (TPSA) is 64.8 Å². The molecule has 1 rings (SSSR count). The summed E-state index contributed by atoms with van der Waals surface area (Å²) in [6, 6.07) is 5.15. The van der Waals surface area contributed by atoms with Gasteiger partial charge in [-0.15, -0.1) is 0 Å². The first kappa shape index (κ1) is 16.9. The highest BCUT2D eigenvalue weighted by Crippen LogP contribution is 2.24. The van der Waals surface area contributed by atoms with Crippen molar-refractivity contribution in [3.05, 3.63) is 28.2 Å². The van der Waals surface area contributed by atoms with Gasteiger partial charge >= 0.3 is 0 Å². The Bertz CT molecular complexity index is 454. The third-order valence-electron chi connectivity index (χ3n) is 2.98. The number of ether oxygens (including phenoxy) is 2. The third-order valence-corrected chi connectivity index (χ3v) is 3.47. The van der Waals surface area contributed by atoms with E-state index in [-0.39, 0.29) is 5.91 Å². The lowest BCUT2D eigenvalue weighted by Gasteiger charge is -2.22. The summed E-state index contributed by atoms with van der Waals surface area (Å²) in [5.74, 6) is 0.641. The number of rotatable bonds is 7. The Hall–Kier alpha value is -1.11. The van der Waals surface area contributed by atoms with E-state index in [4.69, 9.17) is 15.2 Å². The second kappa shape index (κ2) is 8.24. The molecule has 0 aliphatic heterocycles. The summed E-state index contributed by atoms with van der Waals surface area (Å²) < 4.78 is 11.2. The standard InChI is InChI=1S/C14H21BrN2O3/c1-17(14(18)12(16)6-7-19-2)9-10-8-11(15)4-5-13(10)20-3/h4-5,8,12H,6-7,9,16H2,1-3H3. The molecule has 0 heterocycles. The largest absolute Gasteiger partial charge is 0.496 e. The second-order valence-electron chi connectivity index (χ2n) is 4.54. The van der Waals surface area contributed by atoms with Gasteiger partial charge in [0.2, 0.25) is 5.91 Å². The van der Waals surface area contributed by atoms with Crippen LogP contribution in [0.2, 0.25) is 0 Å². The van der Waals surface area contributed by atoms with Gasteiger partial charge in [0.15, 0.2) is 0 Å². The molecule has 112 valence electrons. The van der Waals surface area contributed by atoms with Crippen molar-refractivity contribution in [2.45, 2.75) is 19.0 Å². The molecule has 2 N–H and O–H groups in total. The number of amides is 1. The molecular weight excluding hydrogens is 324 g/mol. The molecule has 1 amide bonds. The zero-order valence-corrected chi connectivity index (χ0v) is 13.6. The summed E-state index contributed by atoms with van der Waals surface area (Å²) in [7, 11) is 4.93. The molecule has 0 aliphatic rings. The maximum Gasteiger partial charge on any atom is 0.239 e. The molecule has 1 unspecified atom stereocenters. The van der Waals surface area contributed by atoms with E-state index >= 15 is 0 Å². The summed E-state index contributed by atoms with van der Waals surface area (Å²) in [6.45, 7) is 0.920. The maximum atomic E-state index is 12.1. The van der Waals surface area contributed by atoms with Crippen LogP contribution in [0.25, 0.3) is 0 Å². The molecular formula is C14H21BrN2O3. The first-order valence-electron chi connectivity index (χ1n) is 6.31. The summed E-state index contributed by atoms with van der Waals surface area (Å²) in [6.07, 6.45) is 0.509. The summed E-state index contributed by atoms with van der Waals surface area (Å²) in [4.78, 5) is 13.7. The lowest BCUT2D eigenvalue weighted by molar-refractivity contribution is -0.132. The Balaban J connectivity index is 2.72. The van der Waals surface area contributed by atoms with Crippen LogP contribution in [0.4, 0.5) is 0 Å². The molecule has 1 aromatic rings. The number of nitrogens with zero attached hydrogens (tertiary/aromatic N) is 1. The molecule has 0 aromatic heterocycles. The first-order valence-corrected chi connectivity index (χ1v) is 7.10. The molecule has 0 bridgehead atoms. The molecule has 0 saturated heterocycles. The van der Waals surface area contributed by atoms with Crippen LogP contribution in [-0.4, -0.2) is 44.7 Å². The van der Waals surface area contributed by atoms with Gasteiger partial charge in [0.25, 0.3) is 0 Å². The van der Waals surface area contributed by atoms with Gasteiger partial charge in [-0.3, -0.25) is 4.79 Å². The normalized spacial score (nSPS) is 12.1. The summed E-state index contributed by atoms with van der Waals surface area (Å²) in [5.41, 5.74) is 6.77. The predicted octanol–water partition coefficient (Wildman–Crippen LogP) is 1.78. The van der Waals surface area contributed by atoms with Gasteiger partial charge in [0.05, 0.1) is 13.2 Å². The fourth-order valence-electron chi connectivity index (χ4n) is 1.86. The Morgan fingerprint density at radius 1 is 1.45 bits per heavy atom. The lowest BCUT2D eigenvalue weighted by atomic mass is 10.1. The molecule has 0 aliphatic carbocycles. The number of halogens is 1. The van der Waals surface area contributed by atoms with Gasteiger partial charge in [-0.2, -0.15) is 0 Å². The zero-order chi connectivity index (χ0) is 15.1. The van der Waals surface area contributed by atoms with Crippen LogP contribution < -0.4 is 10.5 Å². The highest BCUT2D eigenvalue weighted by molar-refractivity contribution is 9.10. The van der Waals surface area contributed by atoms with Crippen molar-refractivity contribution in [3.63, 3.8) is 0 Å². The molecule has 5 nitrogen and oxygen atoms in total. The molecule has 1 aromatic carbocycles. The number of hydrogen-bond acceptors (Lipinski definition) is 4. The SMILES string of the molecule is COCCC(N)C(=O)N(C)Cc1cc(Br)ccc1OC. The van der Waals surface area contributed by atoms with Crippen LogP contribution in [0.5, 0.6) is 5.75 Å². The van der Waals surface area contributed by atoms with E-state index in [2.05, 4.69) is 15.9 Å². The monoisotopic (exact) mass is 344 g/mol. The van der Waals surface area contributed by atoms with Crippen LogP contribution in [0.3, 0.4) is 0 Å². The smallest absolute Gasteiger partial charge is 0.239 e. The van der Waals surface area contributed by atoms with Crippen molar-refractivity contribution in [2.75, 3.05) is 27.9 Å². The maximum absolute atomic E-state index is 12.1. The van der Waals surface area contributed by atoms with Gasteiger partial charge < -0.3 is 20.1 Å². The highest BCUT2D eigenvalue weighted by Gasteiger charge is 2.19. The van der Waals surface area contributed by atoms with E-state index in [1.165, 1.54) is 0 Å². The van der Waals surface area contributed by atoms with Crippen LogP contribution >= 0.6 is 15.9 Å². The molecule has 0 spiro atoms. The molecule has 0 radical (unpaired) electrons. The summed E-state index contributed by atoms with van der Waals surface area (Å²) >= 11 is 3.42. The number of hydrogen-bond donors (Lipinski definition) is 1. The number of likely N-dealkylation sites (N-methyl/N-ethyl adjacent to an activating group) is 1. The fourth-order valence-corrected chi connectivity index (χ4v) is 2.26. The van der Waals surface area contributed by atoms with Crippen molar-refractivity contribution in [1.29, 1.82) is 0 Å². The van der Waals surface area contributed by atoms with Crippen molar-refractivity contribution < 1.29 is 14.3 Å². The number of carbonyl (C=O) groups excluding carboxylic acids is 1. The molecule has 20 heavy (non-hydrogen) atoms. The Morgan fingerprint density at radius 2 is 2.15 bits per heavy atom. The number of methoxy groups -OCH3 is 2. The summed E-state index contributed by atoms with van der Waals surface area (Å²) in [5, 5.41) is 0. The fraction of sp³-hybridized carbons (Fsp3) is 0.500. The average Bonchev–Trinajstić information content (AvgIpc) is 2.44. The van der Waals surface area contributed by atoms with Gasteiger partial charge in [-0.25, -0.2) is 0 Å². The molecule has 0 fully saturated rings. The number of benzene rings is 1. The van der Waals surface area contributed by atoms with E-state index in [0.717, 1.165) is 15.8 Å². The minimum absolute atomic E-state index is 0.107. The minimum Gasteiger partial charge on any atom is -0.496 e. The van der Waals surface area contributed by atoms with Crippen LogP contribution in [0.1, 0.15) is 12.0 Å². The Kier molecular flexibility index (Phi) is 6.98. The minimum atomic E-state index is -0.543. The average molecular weight is 345 g/mol. The van der Waals surface area contributed by atoms with Crippen LogP contribution in [-0.2, 0) is 16.1 Å². The second-order valence-corrected chi connectivity index (χ2v) is 5.45. The lowest BCUT2D eigenvalue weighted by Crippen LogP contribution is -2.42. The van der Waals surface area contributed by atoms with Gasteiger partial charge in [0, 0.05) is 37.3 Å². The first-order chi connectivity index (χ1) is 9.49. The van der Waals surface area contributed by atoms with E-state index in [9.17, 15) is 4.79 Å². The Morgan fingerprint density at radius 3 is 2.75 bits per heavy atom. The van der Waals surface area contributed by atoms with Gasteiger partial charge in [0.1, 0.15) is 5.75 Å². The van der Waals surface area contributed by atoms with Crippen molar-refractivity contribution in [3.8, 4) is 5.75 Å². The molecule has 1 atom stereocenters. The number of nitrogens with two attached hydrogens (primary N) is 1. The third kappa shape index (κ3) is 4.77. The van der Waals surface area contributed by atoms with Gasteiger partial charge in [-0.05, 0) is 24.6 Å². The zero-order valence-electron chi connectivity index (χ0n) is 12.1.